The number of aryl methyl sites for hydroxylation is 2. The Hall–Kier alpha value is -2.80. The van der Waals surface area contributed by atoms with Gasteiger partial charge in [0.2, 0.25) is 0 Å². The molecule has 1 unspecified atom stereocenters. The Kier molecular flexibility index (Phi) is 5.81. The van der Waals surface area contributed by atoms with Gasteiger partial charge in [0, 0.05) is 11.5 Å². The van der Waals surface area contributed by atoms with Gasteiger partial charge in [0.1, 0.15) is 5.75 Å². The molecule has 0 amide bonds. The summed E-state index contributed by atoms with van der Waals surface area (Å²) >= 11 is 0. The maximum Gasteiger partial charge on any atom is 0.123 e. The van der Waals surface area contributed by atoms with Crippen molar-refractivity contribution >= 4 is 5.57 Å². The van der Waals surface area contributed by atoms with Gasteiger partial charge in [-0.15, -0.1) is 0 Å². The van der Waals surface area contributed by atoms with E-state index in [1.165, 1.54) is 17.5 Å². The van der Waals surface area contributed by atoms with E-state index in [0.717, 1.165) is 34.2 Å². The first-order valence-electron chi connectivity index (χ1n) is 9.68. The first-order valence-corrected chi connectivity index (χ1v) is 9.68. The number of phenolic OH excluding ortho intramolecular Hbond substituents is 1. The van der Waals surface area contributed by atoms with Crippen LogP contribution in [0.2, 0.25) is 0 Å². The first kappa shape index (κ1) is 19.0. The number of allylic oxidation sites excluding steroid dienone is 1. The van der Waals surface area contributed by atoms with E-state index in [9.17, 15) is 5.11 Å². The second-order valence-corrected chi connectivity index (χ2v) is 7.28. The Bertz CT molecular complexity index is 897. The van der Waals surface area contributed by atoms with E-state index in [4.69, 9.17) is 0 Å². The van der Waals surface area contributed by atoms with Crippen LogP contribution in [0.25, 0.3) is 16.7 Å². The van der Waals surface area contributed by atoms with Crippen molar-refractivity contribution in [2.24, 2.45) is 0 Å². The summed E-state index contributed by atoms with van der Waals surface area (Å²) in [4.78, 5) is 0. The predicted molar refractivity (Wildman–Crippen MR) is 116 cm³/mol. The summed E-state index contributed by atoms with van der Waals surface area (Å²) in [5.74, 6) is 0.584. The van der Waals surface area contributed by atoms with Gasteiger partial charge in [-0.25, -0.2) is 0 Å². The third kappa shape index (κ3) is 4.14. The molecular formula is C26H28O. The van der Waals surface area contributed by atoms with Gasteiger partial charge in [0.05, 0.1) is 0 Å². The molecule has 27 heavy (non-hydrogen) atoms. The number of rotatable bonds is 6. The summed E-state index contributed by atoms with van der Waals surface area (Å²) in [7, 11) is 0. The van der Waals surface area contributed by atoms with Gasteiger partial charge in [-0.1, -0.05) is 87.5 Å². The van der Waals surface area contributed by atoms with Crippen LogP contribution in [0.4, 0.5) is 0 Å². The molecule has 0 aromatic heterocycles. The van der Waals surface area contributed by atoms with Crippen LogP contribution in [0.5, 0.6) is 5.75 Å². The summed E-state index contributed by atoms with van der Waals surface area (Å²) in [6.07, 6.45) is 2.30. The molecule has 0 aliphatic carbocycles. The van der Waals surface area contributed by atoms with Crippen LogP contribution < -0.4 is 0 Å². The van der Waals surface area contributed by atoms with Crippen molar-refractivity contribution in [3.63, 3.8) is 0 Å². The second kappa shape index (κ2) is 8.26. The predicted octanol–water partition coefficient (Wildman–Crippen LogP) is 7.14. The average Bonchev–Trinajstić information content (AvgIpc) is 2.68. The Labute approximate surface area is 163 Å². The van der Waals surface area contributed by atoms with Crippen LogP contribution in [-0.2, 0) is 6.42 Å². The lowest BCUT2D eigenvalue weighted by Crippen LogP contribution is -1.97. The van der Waals surface area contributed by atoms with Crippen LogP contribution in [0.3, 0.4) is 0 Å². The van der Waals surface area contributed by atoms with Crippen LogP contribution in [0.15, 0.2) is 73.3 Å². The zero-order valence-electron chi connectivity index (χ0n) is 16.5. The van der Waals surface area contributed by atoms with E-state index < -0.39 is 0 Å². The molecule has 0 aliphatic heterocycles. The minimum absolute atomic E-state index is 0.262. The molecule has 0 saturated heterocycles. The van der Waals surface area contributed by atoms with Crippen molar-refractivity contribution in [2.45, 2.75) is 39.5 Å². The minimum atomic E-state index is 0.262. The van der Waals surface area contributed by atoms with Crippen molar-refractivity contribution in [2.75, 3.05) is 0 Å². The lowest BCUT2D eigenvalue weighted by molar-refractivity contribution is 0.477. The van der Waals surface area contributed by atoms with E-state index in [0.29, 0.717) is 5.75 Å². The Morgan fingerprint density at radius 2 is 1.63 bits per heavy atom. The maximum absolute atomic E-state index is 10.2. The third-order valence-electron chi connectivity index (χ3n) is 5.34. The van der Waals surface area contributed by atoms with E-state index in [1.807, 2.05) is 19.1 Å². The smallest absolute Gasteiger partial charge is 0.123 e. The summed E-state index contributed by atoms with van der Waals surface area (Å²) in [5.41, 5.74) is 7.92. The van der Waals surface area contributed by atoms with Crippen molar-refractivity contribution in [1.29, 1.82) is 0 Å². The van der Waals surface area contributed by atoms with Crippen molar-refractivity contribution in [3.8, 4) is 16.9 Å². The summed E-state index contributed by atoms with van der Waals surface area (Å²) in [6.45, 7) is 10.8. The maximum atomic E-state index is 10.2. The molecule has 0 saturated carbocycles. The number of aromatic hydroxyl groups is 1. The molecular weight excluding hydrogens is 328 g/mol. The van der Waals surface area contributed by atoms with Gasteiger partial charge >= 0.3 is 0 Å². The summed E-state index contributed by atoms with van der Waals surface area (Å²) in [6, 6.07) is 22.9. The number of phenols is 1. The fourth-order valence-electron chi connectivity index (χ4n) is 3.59. The van der Waals surface area contributed by atoms with Gasteiger partial charge in [0.25, 0.3) is 0 Å². The van der Waals surface area contributed by atoms with E-state index in [1.54, 1.807) is 6.07 Å². The zero-order chi connectivity index (χ0) is 19.4. The molecule has 0 aliphatic rings. The molecule has 0 spiro atoms. The Balaban J connectivity index is 1.81. The molecule has 1 heteroatoms. The first-order chi connectivity index (χ1) is 13.0. The zero-order valence-corrected chi connectivity index (χ0v) is 16.5. The topological polar surface area (TPSA) is 20.2 Å². The molecule has 0 radical (unpaired) electrons. The van der Waals surface area contributed by atoms with Gasteiger partial charge in [0.15, 0.2) is 0 Å². The average molecular weight is 357 g/mol. The van der Waals surface area contributed by atoms with Crippen LogP contribution in [0.1, 0.15) is 48.4 Å². The van der Waals surface area contributed by atoms with Crippen LogP contribution in [0, 0.1) is 6.92 Å². The normalized spacial score (nSPS) is 12.0. The Morgan fingerprint density at radius 1 is 0.963 bits per heavy atom. The molecule has 3 rings (SSSR count). The molecule has 0 heterocycles. The summed E-state index contributed by atoms with van der Waals surface area (Å²) < 4.78 is 0. The SMILES string of the molecule is C=C(c1ccc(-c2c(C)cccc2O)cc1)C(C)c1ccc(CCC)cc1. The van der Waals surface area contributed by atoms with E-state index >= 15 is 0 Å². The van der Waals surface area contributed by atoms with Crippen molar-refractivity contribution in [3.05, 3.63) is 95.6 Å². The minimum Gasteiger partial charge on any atom is -0.507 e. The van der Waals surface area contributed by atoms with Crippen LogP contribution in [-0.4, -0.2) is 5.11 Å². The standard InChI is InChI=1S/C26H28O/c1-5-7-21-10-12-22(13-11-21)19(3)20(4)23-14-16-24(17-15-23)26-18(2)8-6-9-25(26)27/h6,8-17,19,27H,4-5,7H2,1-3H3. The summed E-state index contributed by atoms with van der Waals surface area (Å²) in [5, 5.41) is 10.2. The molecule has 0 bridgehead atoms. The number of benzene rings is 3. The third-order valence-corrected chi connectivity index (χ3v) is 5.34. The number of hydrogen-bond donors (Lipinski definition) is 1. The van der Waals surface area contributed by atoms with Gasteiger partial charge in [-0.2, -0.15) is 0 Å². The fourth-order valence-corrected chi connectivity index (χ4v) is 3.59. The van der Waals surface area contributed by atoms with E-state index in [-0.39, 0.29) is 5.92 Å². The lowest BCUT2D eigenvalue weighted by Gasteiger charge is -2.17. The lowest BCUT2D eigenvalue weighted by atomic mass is 9.88. The Morgan fingerprint density at radius 3 is 2.22 bits per heavy atom. The second-order valence-electron chi connectivity index (χ2n) is 7.28. The molecule has 3 aromatic rings. The molecule has 1 atom stereocenters. The fraction of sp³-hybridized carbons (Fsp3) is 0.231. The highest BCUT2D eigenvalue weighted by Crippen LogP contribution is 2.35. The van der Waals surface area contributed by atoms with Crippen molar-refractivity contribution in [1.82, 2.24) is 0 Å². The quantitative estimate of drug-likeness (QED) is 0.498. The number of hydrogen-bond acceptors (Lipinski definition) is 1. The van der Waals surface area contributed by atoms with E-state index in [2.05, 4.69) is 69.0 Å². The molecule has 3 aromatic carbocycles. The van der Waals surface area contributed by atoms with Gasteiger partial charge < -0.3 is 5.11 Å². The monoisotopic (exact) mass is 356 g/mol. The van der Waals surface area contributed by atoms with Gasteiger partial charge in [-0.3, -0.25) is 0 Å². The highest BCUT2D eigenvalue weighted by Gasteiger charge is 2.13. The molecule has 1 nitrogen and oxygen atoms in total. The van der Waals surface area contributed by atoms with Crippen LogP contribution >= 0.6 is 0 Å². The highest BCUT2D eigenvalue weighted by molar-refractivity contribution is 5.76. The molecule has 1 N–H and O–H groups in total. The highest BCUT2D eigenvalue weighted by atomic mass is 16.3. The largest absolute Gasteiger partial charge is 0.507 e. The van der Waals surface area contributed by atoms with Gasteiger partial charge in [-0.05, 0) is 52.8 Å². The van der Waals surface area contributed by atoms with Crippen molar-refractivity contribution < 1.29 is 5.11 Å². The molecule has 0 fully saturated rings. The molecule has 138 valence electrons.